The summed E-state index contributed by atoms with van der Waals surface area (Å²) in [5.74, 6) is 0. The van der Waals surface area contributed by atoms with Gasteiger partial charge < -0.3 is 15.7 Å². The van der Waals surface area contributed by atoms with Crippen LogP contribution in [0.1, 0.15) is 0 Å². The van der Waals surface area contributed by atoms with Gasteiger partial charge >= 0.3 is 11.1 Å². The summed E-state index contributed by atoms with van der Waals surface area (Å²) >= 11 is 3.22. The highest BCUT2D eigenvalue weighted by molar-refractivity contribution is 9.10. The number of hydrogen-bond donors (Lipinski definition) is 3. The first-order valence-corrected chi connectivity index (χ1v) is 4.58. The Morgan fingerprint density at radius 1 is 1.07 bits per heavy atom. The highest BCUT2D eigenvalue weighted by Crippen LogP contribution is 2.22. The van der Waals surface area contributed by atoms with Crippen molar-refractivity contribution in [1.82, 2.24) is 9.97 Å². The van der Waals surface area contributed by atoms with Crippen LogP contribution in [0.25, 0.3) is 11.0 Å². The summed E-state index contributed by atoms with van der Waals surface area (Å²) in [4.78, 5) is 26.8. The molecule has 72 valence electrons. The molecule has 14 heavy (non-hydrogen) atoms. The van der Waals surface area contributed by atoms with Crippen molar-refractivity contribution < 1.29 is 0 Å². The Kier molecular flexibility index (Phi) is 1.92. The average Bonchev–Trinajstić information content (AvgIpc) is 2.11. The standard InChI is InChI=1S/C8H6BrN3O2/c9-3-1-5-6(2-4(3)10)12-8(14)7(13)11-5/h1-2H,10H2,(H,11,13)(H,12,14). The van der Waals surface area contributed by atoms with Gasteiger partial charge in [-0.2, -0.15) is 0 Å². The fourth-order valence-electron chi connectivity index (χ4n) is 1.15. The molecule has 6 heteroatoms. The summed E-state index contributed by atoms with van der Waals surface area (Å²) in [6.07, 6.45) is 0. The summed E-state index contributed by atoms with van der Waals surface area (Å²) in [6, 6.07) is 3.22. The Morgan fingerprint density at radius 2 is 1.57 bits per heavy atom. The van der Waals surface area contributed by atoms with E-state index in [1.54, 1.807) is 12.1 Å². The van der Waals surface area contributed by atoms with Crippen molar-refractivity contribution in [2.75, 3.05) is 5.73 Å². The van der Waals surface area contributed by atoms with E-state index in [-0.39, 0.29) is 0 Å². The Morgan fingerprint density at radius 3 is 2.14 bits per heavy atom. The van der Waals surface area contributed by atoms with Crippen LogP contribution < -0.4 is 16.9 Å². The summed E-state index contributed by atoms with van der Waals surface area (Å²) in [6.45, 7) is 0. The monoisotopic (exact) mass is 255 g/mol. The lowest BCUT2D eigenvalue weighted by Gasteiger charge is -2.00. The summed E-state index contributed by atoms with van der Waals surface area (Å²) in [5, 5.41) is 0. The van der Waals surface area contributed by atoms with E-state index in [2.05, 4.69) is 25.9 Å². The molecule has 0 aliphatic carbocycles. The zero-order chi connectivity index (χ0) is 10.3. The number of nitrogens with one attached hydrogen (secondary N) is 2. The van der Waals surface area contributed by atoms with Crippen LogP contribution in [0.4, 0.5) is 5.69 Å². The van der Waals surface area contributed by atoms with Crippen LogP contribution >= 0.6 is 15.9 Å². The fraction of sp³-hybridized carbons (Fsp3) is 0. The molecule has 0 radical (unpaired) electrons. The Balaban J connectivity index is 2.97. The van der Waals surface area contributed by atoms with Crippen LogP contribution in [0.2, 0.25) is 0 Å². The van der Waals surface area contributed by atoms with Crippen LogP contribution in [0.15, 0.2) is 26.2 Å². The lowest BCUT2D eigenvalue weighted by molar-refractivity contribution is 1.15. The first-order chi connectivity index (χ1) is 6.58. The van der Waals surface area contributed by atoms with Gasteiger partial charge in [0.2, 0.25) is 0 Å². The SMILES string of the molecule is Nc1cc2[nH]c(=O)c(=O)[nH]c2cc1Br. The number of rotatable bonds is 0. The smallest absolute Gasteiger partial charge is 0.314 e. The third kappa shape index (κ3) is 1.33. The molecule has 0 bridgehead atoms. The number of nitrogens with two attached hydrogens (primary N) is 1. The molecule has 0 aliphatic rings. The van der Waals surface area contributed by atoms with E-state index in [1.807, 2.05) is 0 Å². The highest BCUT2D eigenvalue weighted by atomic mass is 79.9. The molecule has 0 saturated carbocycles. The van der Waals surface area contributed by atoms with E-state index in [0.29, 0.717) is 21.2 Å². The summed E-state index contributed by atoms with van der Waals surface area (Å²) in [5.41, 5.74) is 5.81. The second-order valence-corrected chi connectivity index (χ2v) is 3.68. The molecule has 0 unspecified atom stereocenters. The van der Waals surface area contributed by atoms with Crippen molar-refractivity contribution in [3.8, 4) is 0 Å². The topological polar surface area (TPSA) is 91.7 Å². The molecular weight excluding hydrogens is 250 g/mol. The molecular formula is C8H6BrN3O2. The Labute approximate surface area is 86.1 Å². The zero-order valence-corrected chi connectivity index (χ0v) is 8.51. The fourth-order valence-corrected chi connectivity index (χ4v) is 1.50. The van der Waals surface area contributed by atoms with Gasteiger partial charge in [-0.1, -0.05) is 0 Å². The summed E-state index contributed by atoms with van der Waals surface area (Å²) in [7, 11) is 0. The number of benzene rings is 1. The maximum atomic E-state index is 11.0. The number of aromatic nitrogens is 2. The lowest BCUT2D eigenvalue weighted by Crippen LogP contribution is -2.28. The predicted octanol–water partition coefficient (Wildman–Crippen LogP) is 0.561. The van der Waals surface area contributed by atoms with Crippen molar-refractivity contribution in [3.63, 3.8) is 0 Å². The van der Waals surface area contributed by atoms with Gasteiger partial charge in [0, 0.05) is 10.2 Å². The second kappa shape index (κ2) is 2.98. The van der Waals surface area contributed by atoms with Crippen molar-refractivity contribution in [2.24, 2.45) is 0 Å². The number of fused-ring (bicyclic) bond motifs is 1. The van der Waals surface area contributed by atoms with Gasteiger partial charge in [-0.25, -0.2) is 0 Å². The van der Waals surface area contributed by atoms with Crippen LogP contribution in [0, 0.1) is 0 Å². The number of anilines is 1. The van der Waals surface area contributed by atoms with Crippen molar-refractivity contribution in [2.45, 2.75) is 0 Å². The van der Waals surface area contributed by atoms with Crippen LogP contribution in [0.5, 0.6) is 0 Å². The zero-order valence-electron chi connectivity index (χ0n) is 6.93. The number of hydrogen-bond acceptors (Lipinski definition) is 3. The van der Waals surface area contributed by atoms with Crippen molar-refractivity contribution >= 4 is 32.7 Å². The van der Waals surface area contributed by atoms with E-state index < -0.39 is 11.1 Å². The van der Waals surface area contributed by atoms with Crippen LogP contribution in [-0.4, -0.2) is 9.97 Å². The van der Waals surface area contributed by atoms with E-state index in [0.717, 1.165) is 0 Å². The van der Waals surface area contributed by atoms with Gasteiger partial charge in [0.25, 0.3) is 0 Å². The molecule has 0 fully saturated rings. The quantitative estimate of drug-likeness (QED) is 0.475. The molecule has 1 heterocycles. The van der Waals surface area contributed by atoms with Gasteiger partial charge in [-0.15, -0.1) is 0 Å². The van der Waals surface area contributed by atoms with Gasteiger partial charge in [0.05, 0.1) is 11.0 Å². The first kappa shape index (κ1) is 9.01. The first-order valence-electron chi connectivity index (χ1n) is 3.79. The normalized spacial score (nSPS) is 10.6. The second-order valence-electron chi connectivity index (χ2n) is 2.83. The Bertz CT molecular complexity index is 559. The Hall–Kier alpha value is -1.56. The van der Waals surface area contributed by atoms with Crippen LogP contribution in [-0.2, 0) is 0 Å². The molecule has 0 amide bonds. The van der Waals surface area contributed by atoms with Crippen molar-refractivity contribution in [1.29, 1.82) is 0 Å². The summed E-state index contributed by atoms with van der Waals surface area (Å²) < 4.78 is 0.674. The highest BCUT2D eigenvalue weighted by Gasteiger charge is 2.02. The molecule has 0 atom stereocenters. The van der Waals surface area contributed by atoms with Gasteiger partial charge in [0.15, 0.2) is 0 Å². The number of H-pyrrole nitrogens is 2. The third-order valence-electron chi connectivity index (χ3n) is 1.84. The number of halogens is 1. The molecule has 0 aliphatic heterocycles. The van der Waals surface area contributed by atoms with E-state index in [9.17, 15) is 9.59 Å². The minimum absolute atomic E-state index is 0.500. The molecule has 5 nitrogen and oxygen atoms in total. The molecule has 1 aromatic heterocycles. The van der Waals surface area contributed by atoms with Gasteiger partial charge in [0.1, 0.15) is 0 Å². The molecule has 1 aromatic carbocycles. The maximum absolute atomic E-state index is 11.0. The minimum Gasteiger partial charge on any atom is -0.398 e. The maximum Gasteiger partial charge on any atom is 0.314 e. The molecule has 0 saturated heterocycles. The van der Waals surface area contributed by atoms with Crippen LogP contribution in [0.3, 0.4) is 0 Å². The van der Waals surface area contributed by atoms with E-state index >= 15 is 0 Å². The van der Waals surface area contributed by atoms with Gasteiger partial charge in [-0.05, 0) is 28.1 Å². The minimum atomic E-state index is -0.681. The molecule has 2 aromatic rings. The predicted molar refractivity (Wildman–Crippen MR) is 57.3 cm³/mol. The molecule has 2 rings (SSSR count). The third-order valence-corrected chi connectivity index (χ3v) is 2.53. The molecule has 4 N–H and O–H groups in total. The van der Waals surface area contributed by atoms with E-state index in [1.165, 1.54) is 0 Å². The van der Waals surface area contributed by atoms with E-state index in [4.69, 9.17) is 5.73 Å². The number of nitrogen functional groups attached to an aromatic ring is 1. The largest absolute Gasteiger partial charge is 0.398 e. The number of aromatic amines is 2. The van der Waals surface area contributed by atoms with Gasteiger partial charge in [-0.3, -0.25) is 9.59 Å². The average molecular weight is 256 g/mol. The lowest BCUT2D eigenvalue weighted by atomic mass is 10.3. The molecule has 0 spiro atoms. The van der Waals surface area contributed by atoms with Crippen molar-refractivity contribution in [3.05, 3.63) is 37.3 Å².